The number of hydrogen-bond acceptors (Lipinski definition) is 1. The van der Waals surface area contributed by atoms with E-state index in [2.05, 4.69) is 40.7 Å². The molecule has 0 heterocycles. The van der Waals surface area contributed by atoms with Gasteiger partial charge in [-0.05, 0) is 34.9 Å². The van der Waals surface area contributed by atoms with Crippen LogP contribution in [-0.2, 0) is 5.41 Å². The van der Waals surface area contributed by atoms with E-state index in [0.717, 1.165) is 12.0 Å². The third-order valence-electron chi connectivity index (χ3n) is 3.04. The molecule has 1 rings (SSSR count). The SMILES string of the molecule is CCC(C)c1cc(C(C)(C)C)ccc1O. The van der Waals surface area contributed by atoms with E-state index in [4.69, 9.17) is 0 Å². The molecule has 0 aromatic heterocycles. The van der Waals surface area contributed by atoms with Crippen molar-refractivity contribution in [1.29, 1.82) is 0 Å². The van der Waals surface area contributed by atoms with Crippen LogP contribution in [0, 0.1) is 0 Å². The molecule has 0 aliphatic carbocycles. The largest absolute Gasteiger partial charge is 0.508 e. The highest BCUT2D eigenvalue weighted by Gasteiger charge is 2.17. The summed E-state index contributed by atoms with van der Waals surface area (Å²) in [6.07, 6.45) is 1.06. The van der Waals surface area contributed by atoms with Crippen LogP contribution >= 0.6 is 0 Å². The Balaban J connectivity index is 3.17. The molecule has 1 aromatic rings. The molecule has 0 radical (unpaired) electrons. The molecule has 1 atom stereocenters. The van der Waals surface area contributed by atoms with Crippen LogP contribution in [0.5, 0.6) is 5.75 Å². The van der Waals surface area contributed by atoms with Gasteiger partial charge in [0.05, 0.1) is 0 Å². The fourth-order valence-electron chi connectivity index (χ4n) is 1.64. The second-order valence-corrected chi connectivity index (χ2v) is 5.33. The Kier molecular flexibility index (Phi) is 3.43. The van der Waals surface area contributed by atoms with Crippen LogP contribution in [0.2, 0.25) is 0 Å². The Bertz CT molecular complexity index is 334. The van der Waals surface area contributed by atoms with Gasteiger partial charge in [-0.15, -0.1) is 0 Å². The molecule has 1 nitrogen and oxygen atoms in total. The summed E-state index contributed by atoms with van der Waals surface area (Å²) < 4.78 is 0. The molecule has 0 fully saturated rings. The van der Waals surface area contributed by atoms with E-state index in [1.807, 2.05) is 12.1 Å². The van der Waals surface area contributed by atoms with Gasteiger partial charge in [0.25, 0.3) is 0 Å². The first kappa shape index (κ1) is 12.1. The van der Waals surface area contributed by atoms with Crippen LogP contribution < -0.4 is 0 Å². The minimum Gasteiger partial charge on any atom is -0.508 e. The Morgan fingerprint density at radius 3 is 2.33 bits per heavy atom. The lowest BCUT2D eigenvalue weighted by molar-refractivity contribution is 0.460. The molecular weight excluding hydrogens is 184 g/mol. The minimum absolute atomic E-state index is 0.149. The molecule has 1 N–H and O–H groups in total. The van der Waals surface area contributed by atoms with Crippen molar-refractivity contribution in [1.82, 2.24) is 0 Å². The van der Waals surface area contributed by atoms with E-state index in [1.165, 1.54) is 5.56 Å². The van der Waals surface area contributed by atoms with E-state index in [-0.39, 0.29) is 5.41 Å². The molecule has 0 aliphatic heterocycles. The van der Waals surface area contributed by atoms with Crippen molar-refractivity contribution in [3.8, 4) is 5.75 Å². The first-order valence-electron chi connectivity index (χ1n) is 5.69. The Labute approximate surface area is 93.1 Å². The monoisotopic (exact) mass is 206 g/mol. The first-order valence-corrected chi connectivity index (χ1v) is 5.69. The third kappa shape index (κ3) is 2.74. The molecule has 84 valence electrons. The van der Waals surface area contributed by atoms with Crippen molar-refractivity contribution in [2.45, 2.75) is 52.4 Å². The number of benzene rings is 1. The molecule has 1 heteroatoms. The zero-order chi connectivity index (χ0) is 11.6. The molecule has 1 aromatic carbocycles. The summed E-state index contributed by atoms with van der Waals surface area (Å²) in [7, 11) is 0. The molecular formula is C14H22O. The van der Waals surface area contributed by atoms with Gasteiger partial charge in [-0.1, -0.05) is 46.8 Å². The summed E-state index contributed by atoms with van der Waals surface area (Å²) >= 11 is 0. The van der Waals surface area contributed by atoms with Gasteiger partial charge in [0.2, 0.25) is 0 Å². The van der Waals surface area contributed by atoms with Crippen molar-refractivity contribution in [3.63, 3.8) is 0 Å². The van der Waals surface area contributed by atoms with Gasteiger partial charge < -0.3 is 5.11 Å². The summed E-state index contributed by atoms with van der Waals surface area (Å²) in [5.41, 5.74) is 2.51. The van der Waals surface area contributed by atoms with E-state index in [9.17, 15) is 5.11 Å². The highest BCUT2D eigenvalue weighted by Crippen LogP contribution is 2.32. The van der Waals surface area contributed by atoms with Gasteiger partial charge in [0.15, 0.2) is 0 Å². The van der Waals surface area contributed by atoms with Gasteiger partial charge in [0, 0.05) is 0 Å². The average molecular weight is 206 g/mol. The van der Waals surface area contributed by atoms with E-state index >= 15 is 0 Å². The molecule has 0 saturated carbocycles. The van der Waals surface area contributed by atoms with Crippen LogP contribution in [0.3, 0.4) is 0 Å². The van der Waals surface area contributed by atoms with Crippen molar-refractivity contribution in [2.75, 3.05) is 0 Å². The molecule has 0 bridgehead atoms. The predicted octanol–water partition coefficient (Wildman–Crippen LogP) is 4.20. The number of aromatic hydroxyl groups is 1. The van der Waals surface area contributed by atoms with Crippen LogP contribution in [0.15, 0.2) is 18.2 Å². The van der Waals surface area contributed by atoms with Gasteiger partial charge in [-0.25, -0.2) is 0 Å². The maximum atomic E-state index is 9.80. The van der Waals surface area contributed by atoms with Gasteiger partial charge in [-0.3, -0.25) is 0 Å². The Morgan fingerprint density at radius 2 is 1.87 bits per heavy atom. The van der Waals surface area contributed by atoms with Crippen LogP contribution in [-0.4, -0.2) is 5.11 Å². The second-order valence-electron chi connectivity index (χ2n) is 5.33. The Morgan fingerprint density at radius 1 is 1.27 bits per heavy atom. The topological polar surface area (TPSA) is 20.2 Å². The molecule has 0 amide bonds. The van der Waals surface area contributed by atoms with Crippen molar-refractivity contribution in [3.05, 3.63) is 29.3 Å². The van der Waals surface area contributed by atoms with Gasteiger partial charge >= 0.3 is 0 Å². The number of hydrogen-bond donors (Lipinski definition) is 1. The predicted molar refractivity (Wildman–Crippen MR) is 65.5 cm³/mol. The summed E-state index contributed by atoms with van der Waals surface area (Å²) in [5, 5.41) is 9.80. The molecule has 15 heavy (non-hydrogen) atoms. The summed E-state index contributed by atoms with van der Waals surface area (Å²) in [6, 6.07) is 5.98. The van der Waals surface area contributed by atoms with E-state index in [0.29, 0.717) is 11.7 Å². The molecule has 0 saturated heterocycles. The minimum atomic E-state index is 0.149. The van der Waals surface area contributed by atoms with Crippen molar-refractivity contribution in [2.24, 2.45) is 0 Å². The number of phenols is 1. The van der Waals surface area contributed by atoms with Crippen LogP contribution in [0.1, 0.15) is 58.1 Å². The van der Waals surface area contributed by atoms with Gasteiger partial charge in [-0.2, -0.15) is 0 Å². The molecule has 0 aliphatic rings. The fraction of sp³-hybridized carbons (Fsp3) is 0.571. The van der Waals surface area contributed by atoms with Crippen LogP contribution in [0.4, 0.5) is 0 Å². The summed E-state index contributed by atoms with van der Waals surface area (Å²) in [6.45, 7) is 10.9. The van der Waals surface area contributed by atoms with Gasteiger partial charge in [0.1, 0.15) is 5.75 Å². The lowest BCUT2D eigenvalue weighted by atomic mass is 9.84. The molecule has 0 spiro atoms. The Hall–Kier alpha value is -0.980. The third-order valence-corrected chi connectivity index (χ3v) is 3.04. The lowest BCUT2D eigenvalue weighted by Crippen LogP contribution is -2.11. The zero-order valence-electron chi connectivity index (χ0n) is 10.5. The highest BCUT2D eigenvalue weighted by atomic mass is 16.3. The normalized spacial score (nSPS) is 13.9. The summed E-state index contributed by atoms with van der Waals surface area (Å²) in [4.78, 5) is 0. The van der Waals surface area contributed by atoms with Crippen molar-refractivity contribution >= 4 is 0 Å². The van der Waals surface area contributed by atoms with E-state index in [1.54, 1.807) is 0 Å². The number of phenolic OH excluding ortho intramolecular Hbond substituents is 1. The standard InChI is InChI=1S/C14H22O/c1-6-10(2)12-9-11(14(3,4)5)7-8-13(12)15/h7-10,15H,6H2,1-5H3. The highest BCUT2D eigenvalue weighted by molar-refractivity contribution is 5.40. The number of rotatable bonds is 2. The average Bonchev–Trinajstić information content (AvgIpc) is 2.15. The van der Waals surface area contributed by atoms with Crippen LogP contribution in [0.25, 0.3) is 0 Å². The maximum absolute atomic E-state index is 9.80. The lowest BCUT2D eigenvalue weighted by Gasteiger charge is -2.21. The fourth-order valence-corrected chi connectivity index (χ4v) is 1.64. The zero-order valence-corrected chi connectivity index (χ0v) is 10.5. The molecule has 1 unspecified atom stereocenters. The quantitative estimate of drug-likeness (QED) is 0.768. The second kappa shape index (κ2) is 4.26. The summed E-state index contributed by atoms with van der Waals surface area (Å²) in [5.74, 6) is 0.852. The van der Waals surface area contributed by atoms with E-state index < -0.39 is 0 Å². The maximum Gasteiger partial charge on any atom is 0.119 e. The smallest absolute Gasteiger partial charge is 0.119 e. The first-order chi connectivity index (χ1) is 6.86. The van der Waals surface area contributed by atoms with Crippen molar-refractivity contribution < 1.29 is 5.11 Å².